The Morgan fingerprint density at radius 2 is 1.93 bits per heavy atom. The fraction of sp³-hybridized carbons (Fsp3) is 0.381. The first-order valence-electron chi connectivity index (χ1n) is 9.74. The largest absolute Gasteiger partial charge is 0.493 e. The number of rotatable bonds is 5. The highest BCUT2D eigenvalue weighted by atomic mass is 16.5. The maximum atomic E-state index is 13.2. The lowest BCUT2D eigenvalue weighted by Crippen LogP contribution is -2.53. The Bertz CT molecular complexity index is 919. The van der Waals surface area contributed by atoms with Crippen LogP contribution in [0.3, 0.4) is 0 Å². The molecular weight excluding hydrogens is 357 g/mol. The van der Waals surface area contributed by atoms with Gasteiger partial charge in [0.05, 0.1) is 18.7 Å². The molecule has 0 spiro atoms. The molecule has 3 N–H and O–H groups in total. The monoisotopic (exact) mass is 379 g/mol. The molecule has 1 saturated heterocycles. The van der Waals surface area contributed by atoms with Crippen molar-refractivity contribution in [3.63, 3.8) is 0 Å². The van der Waals surface area contributed by atoms with E-state index in [2.05, 4.69) is 5.32 Å². The predicted octanol–water partition coefficient (Wildman–Crippen LogP) is 1.81. The predicted molar refractivity (Wildman–Crippen MR) is 103 cm³/mol. The molecule has 1 fully saturated rings. The van der Waals surface area contributed by atoms with Gasteiger partial charge in [0.2, 0.25) is 0 Å². The van der Waals surface area contributed by atoms with Gasteiger partial charge in [-0.2, -0.15) is 0 Å². The van der Waals surface area contributed by atoms with Crippen molar-refractivity contribution in [2.24, 2.45) is 0 Å². The van der Waals surface area contributed by atoms with Crippen LogP contribution in [0.1, 0.15) is 48.0 Å². The fourth-order valence-corrected chi connectivity index (χ4v) is 4.82. The Balaban J connectivity index is 1.36. The number of para-hydroxylation sites is 1. The lowest BCUT2D eigenvalue weighted by Gasteiger charge is -2.29. The number of hydrogen-bond donors (Lipinski definition) is 3. The lowest BCUT2D eigenvalue weighted by molar-refractivity contribution is -0.144. The molecule has 5 rings (SSSR count). The van der Waals surface area contributed by atoms with Crippen molar-refractivity contribution in [1.82, 2.24) is 5.32 Å². The maximum absolute atomic E-state index is 13.2. The first kappa shape index (κ1) is 17.7. The van der Waals surface area contributed by atoms with E-state index >= 15 is 0 Å². The summed E-state index contributed by atoms with van der Waals surface area (Å²) in [7, 11) is -1.66. The molecule has 1 amide bonds. The lowest BCUT2D eigenvalue weighted by atomic mass is 9.72. The van der Waals surface area contributed by atoms with Crippen LogP contribution in [-0.4, -0.2) is 35.6 Å². The zero-order valence-electron chi connectivity index (χ0n) is 15.4. The van der Waals surface area contributed by atoms with Crippen LogP contribution in [0.4, 0.5) is 0 Å². The van der Waals surface area contributed by atoms with Gasteiger partial charge in [0.25, 0.3) is 5.91 Å². The highest BCUT2D eigenvalue weighted by Gasteiger charge is 2.56. The molecular formula is C21H22BNO5. The molecule has 2 aromatic rings. The Morgan fingerprint density at radius 1 is 1.18 bits per heavy atom. The van der Waals surface area contributed by atoms with Crippen molar-refractivity contribution >= 4 is 13.0 Å². The van der Waals surface area contributed by atoms with Crippen LogP contribution in [0, 0.1) is 0 Å². The number of benzene rings is 2. The molecule has 3 aliphatic rings. The van der Waals surface area contributed by atoms with Gasteiger partial charge in [-0.25, -0.2) is 0 Å². The van der Waals surface area contributed by atoms with Crippen LogP contribution < -0.4 is 10.1 Å². The third-order valence-electron chi connectivity index (χ3n) is 6.23. The summed E-state index contributed by atoms with van der Waals surface area (Å²) >= 11 is 0. The fourth-order valence-electron chi connectivity index (χ4n) is 4.82. The molecule has 0 unspecified atom stereocenters. The first-order valence-corrected chi connectivity index (χ1v) is 9.74. The van der Waals surface area contributed by atoms with Crippen molar-refractivity contribution in [2.45, 2.75) is 42.8 Å². The van der Waals surface area contributed by atoms with Crippen LogP contribution in [0.5, 0.6) is 5.75 Å². The average molecular weight is 379 g/mol. The zero-order valence-corrected chi connectivity index (χ0v) is 15.4. The molecule has 4 atom stereocenters. The van der Waals surface area contributed by atoms with Gasteiger partial charge >= 0.3 is 7.12 Å². The summed E-state index contributed by atoms with van der Waals surface area (Å²) in [5.74, 6) is -0.300. The highest BCUT2D eigenvalue weighted by molar-refractivity contribution is 6.43. The normalized spacial score (nSPS) is 27.6. The number of carbonyl (C=O) groups excluding carboxylic acids is 1. The molecule has 28 heavy (non-hydrogen) atoms. The molecule has 144 valence electrons. The van der Waals surface area contributed by atoms with Crippen LogP contribution in [-0.2, 0) is 15.1 Å². The van der Waals surface area contributed by atoms with E-state index in [1.807, 2.05) is 48.5 Å². The van der Waals surface area contributed by atoms with E-state index in [9.17, 15) is 14.8 Å². The van der Waals surface area contributed by atoms with Gasteiger partial charge in [-0.05, 0) is 36.5 Å². The Labute approximate surface area is 163 Å². The number of nitrogens with one attached hydrogen (secondary N) is 1. The van der Waals surface area contributed by atoms with Crippen molar-refractivity contribution in [3.05, 3.63) is 65.2 Å². The van der Waals surface area contributed by atoms with Gasteiger partial charge in [-0.1, -0.05) is 42.5 Å². The number of ether oxygens (including phenoxy) is 2. The summed E-state index contributed by atoms with van der Waals surface area (Å²) in [4.78, 5) is 13.2. The number of fused-ring (bicyclic) bond motifs is 6. The second-order valence-corrected chi connectivity index (χ2v) is 7.83. The summed E-state index contributed by atoms with van der Waals surface area (Å²) in [6.45, 7) is 0.463. The van der Waals surface area contributed by atoms with Crippen LogP contribution >= 0.6 is 0 Å². The SMILES string of the molecule is O=C(N[C@@H](C[C@@H]1COc2ccccc21)B(O)O)[C@@]12CC[C@@H](O1)c1ccccc12. The van der Waals surface area contributed by atoms with Crippen LogP contribution in [0.25, 0.3) is 0 Å². The van der Waals surface area contributed by atoms with Gasteiger partial charge in [0.1, 0.15) is 5.75 Å². The van der Waals surface area contributed by atoms with E-state index in [0.29, 0.717) is 19.4 Å². The van der Waals surface area contributed by atoms with Gasteiger partial charge < -0.3 is 24.8 Å². The van der Waals surface area contributed by atoms with E-state index in [1.165, 1.54) is 0 Å². The third-order valence-corrected chi connectivity index (χ3v) is 6.23. The van der Waals surface area contributed by atoms with E-state index in [4.69, 9.17) is 9.47 Å². The minimum absolute atomic E-state index is 0.00564. The molecule has 0 radical (unpaired) electrons. The maximum Gasteiger partial charge on any atom is 0.475 e. The van der Waals surface area contributed by atoms with E-state index in [1.54, 1.807) is 0 Å². The number of amides is 1. The number of carbonyl (C=O) groups is 1. The van der Waals surface area contributed by atoms with Crippen LogP contribution in [0.2, 0.25) is 0 Å². The molecule has 0 saturated carbocycles. The highest BCUT2D eigenvalue weighted by Crippen LogP contribution is 2.54. The van der Waals surface area contributed by atoms with Gasteiger partial charge in [0.15, 0.2) is 5.60 Å². The van der Waals surface area contributed by atoms with E-state index in [-0.39, 0.29) is 17.9 Å². The Hall–Kier alpha value is -2.35. The molecule has 2 bridgehead atoms. The summed E-state index contributed by atoms with van der Waals surface area (Å²) in [6.07, 6.45) is 1.71. The van der Waals surface area contributed by atoms with Crippen molar-refractivity contribution in [3.8, 4) is 5.75 Å². The number of hydrogen-bond acceptors (Lipinski definition) is 5. The van der Waals surface area contributed by atoms with E-state index in [0.717, 1.165) is 28.9 Å². The second-order valence-electron chi connectivity index (χ2n) is 7.83. The molecule has 3 aliphatic heterocycles. The Kier molecular flexibility index (Phi) is 4.19. The summed E-state index contributed by atoms with van der Waals surface area (Å²) in [6, 6.07) is 15.5. The minimum atomic E-state index is -1.66. The summed E-state index contributed by atoms with van der Waals surface area (Å²) < 4.78 is 11.8. The second kappa shape index (κ2) is 6.62. The standard InChI is InChI=1S/C21H22BNO5/c24-20(21-10-9-18(28-21)15-6-1-3-7-16(15)21)23-19(22(25)26)11-13-12-27-17-8-4-2-5-14(13)17/h1-8,13,18-19,25-26H,9-12H2,(H,23,24)/t13-,18-,19+,21+/m1/s1. The van der Waals surface area contributed by atoms with Gasteiger partial charge in [0, 0.05) is 11.5 Å². The zero-order chi connectivity index (χ0) is 19.3. The van der Waals surface area contributed by atoms with Crippen molar-refractivity contribution in [2.75, 3.05) is 6.61 Å². The van der Waals surface area contributed by atoms with Crippen LogP contribution in [0.15, 0.2) is 48.5 Å². The smallest absolute Gasteiger partial charge is 0.475 e. The average Bonchev–Trinajstić information content (AvgIpc) is 3.41. The first-order chi connectivity index (χ1) is 13.6. The van der Waals surface area contributed by atoms with E-state index < -0.39 is 18.7 Å². The summed E-state index contributed by atoms with van der Waals surface area (Å²) in [5, 5.41) is 22.7. The molecule has 0 aromatic heterocycles. The molecule has 3 heterocycles. The minimum Gasteiger partial charge on any atom is -0.493 e. The molecule has 0 aliphatic carbocycles. The van der Waals surface area contributed by atoms with Crippen molar-refractivity contribution < 1.29 is 24.3 Å². The Morgan fingerprint density at radius 3 is 2.75 bits per heavy atom. The van der Waals surface area contributed by atoms with Gasteiger partial charge in [-0.3, -0.25) is 4.79 Å². The molecule has 2 aromatic carbocycles. The molecule has 6 nitrogen and oxygen atoms in total. The van der Waals surface area contributed by atoms with Crippen molar-refractivity contribution in [1.29, 1.82) is 0 Å². The van der Waals surface area contributed by atoms with Gasteiger partial charge in [-0.15, -0.1) is 0 Å². The topological polar surface area (TPSA) is 88.0 Å². The summed E-state index contributed by atoms with van der Waals surface area (Å²) in [5.41, 5.74) is 1.95. The molecule has 7 heteroatoms. The third kappa shape index (κ3) is 2.65. The quantitative estimate of drug-likeness (QED) is 0.690.